The van der Waals surface area contributed by atoms with Gasteiger partial charge in [-0.05, 0) is 31.5 Å². The van der Waals surface area contributed by atoms with Crippen LogP contribution in [0.15, 0.2) is 18.2 Å². The Morgan fingerprint density at radius 3 is 3.06 bits per heavy atom. The summed E-state index contributed by atoms with van der Waals surface area (Å²) in [6.45, 7) is 6.00. The largest absolute Gasteiger partial charge is 0.486 e. The highest BCUT2D eigenvalue weighted by Crippen LogP contribution is 2.20. The highest BCUT2D eigenvalue weighted by atomic mass is 19.1. The average Bonchev–Trinajstić information content (AvgIpc) is 2.37. The van der Waals surface area contributed by atoms with Crippen LogP contribution in [0.3, 0.4) is 0 Å². The van der Waals surface area contributed by atoms with E-state index in [4.69, 9.17) is 9.47 Å². The molecule has 0 aromatic heterocycles. The third-order valence-electron chi connectivity index (χ3n) is 3.20. The summed E-state index contributed by atoms with van der Waals surface area (Å²) in [7, 11) is 0. The smallest absolute Gasteiger partial charge is 0.137 e. The standard InChI is InChI=1S/C14H20FNO2/c1-3-16-13-6-7-17-9-14(13)18-11-5-4-10(2)12(15)8-11/h4-5,8,13-14,16H,3,6-7,9H2,1-2H3. The maximum atomic E-state index is 13.5. The molecule has 0 bridgehead atoms. The Bertz CT molecular complexity index is 395. The molecule has 1 aliphatic heterocycles. The van der Waals surface area contributed by atoms with E-state index in [9.17, 15) is 4.39 Å². The van der Waals surface area contributed by atoms with Gasteiger partial charge in [0.05, 0.1) is 6.61 Å². The van der Waals surface area contributed by atoms with E-state index in [1.807, 2.05) is 0 Å². The van der Waals surface area contributed by atoms with Gasteiger partial charge < -0.3 is 14.8 Å². The summed E-state index contributed by atoms with van der Waals surface area (Å²) in [6.07, 6.45) is 0.869. The summed E-state index contributed by atoms with van der Waals surface area (Å²) in [5.41, 5.74) is 0.630. The van der Waals surface area contributed by atoms with Crippen molar-refractivity contribution in [2.24, 2.45) is 0 Å². The van der Waals surface area contributed by atoms with E-state index in [-0.39, 0.29) is 18.0 Å². The van der Waals surface area contributed by atoms with Gasteiger partial charge in [0, 0.05) is 18.7 Å². The van der Waals surface area contributed by atoms with Crippen molar-refractivity contribution < 1.29 is 13.9 Å². The third kappa shape index (κ3) is 3.21. The van der Waals surface area contributed by atoms with Gasteiger partial charge in [-0.15, -0.1) is 0 Å². The maximum Gasteiger partial charge on any atom is 0.137 e. The first-order chi connectivity index (χ1) is 8.70. The van der Waals surface area contributed by atoms with Gasteiger partial charge in [-0.2, -0.15) is 0 Å². The van der Waals surface area contributed by atoms with Crippen LogP contribution >= 0.6 is 0 Å². The number of halogens is 1. The molecule has 1 aliphatic rings. The summed E-state index contributed by atoms with van der Waals surface area (Å²) >= 11 is 0. The number of ether oxygens (including phenoxy) is 2. The molecule has 1 saturated heterocycles. The molecule has 2 unspecified atom stereocenters. The number of nitrogens with one attached hydrogen (secondary N) is 1. The Morgan fingerprint density at radius 2 is 2.33 bits per heavy atom. The molecular weight excluding hydrogens is 233 g/mol. The zero-order chi connectivity index (χ0) is 13.0. The van der Waals surface area contributed by atoms with Crippen LogP contribution in [0.1, 0.15) is 18.9 Å². The van der Waals surface area contributed by atoms with E-state index >= 15 is 0 Å². The third-order valence-corrected chi connectivity index (χ3v) is 3.20. The molecule has 3 nitrogen and oxygen atoms in total. The zero-order valence-electron chi connectivity index (χ0n) is 10.9. The fourth-order valence-electron chi connectivity index (χ4n) is 2.15. The molecule has 0 amide bonds. The molecule has 0 radical (unpaired) electrons. The Kier molecular flexibility index (Phi) is 4.55. The van der Waals surface area contributed by atoms with E-state index in [0.717, 1.165) is 19.6 Å². The van der Waals surface area contributed by atoms with Gasteiger partial charge in [-0.1, -0.05) is 13.0 Å². The summed E-state index contributed by atoms with van der Waals surface area (Å²) in [5.74, 6) is 0.334. The minimum absolute atomic E-state index is 0.0548. The topological polar surface area (TPSA) is 30.5 Å². The van der Waals surface area contributed by atoms with Gasteiger partial charge in [0.2, 0.25) is 0 Å². The predicted octanol–water partition coefficient (Wildman–Crippen LogP) is 2.28. The molecule has 0 saturated carbocycles. The molecule has 1 fully saturated rings. The van der Waals surface area contributed by atoms with Crippen molar-refractivity contribution in [3.63, 3.8) is 0 Å². The number of benzene rings is 1. The number of hydrogen-bond donors (Lipinski definition) is 1. The van der Waals surface area contributed by atoms with Crippen LogP contribution in [0.4, 0.5) is 4.39 Å². The fraction of sp³-hybridized carbons (Fsp3) is 0.571. The Hall–Kier alpha value is -1.13. The molecule has 1 aromatic carbocycles. The van der Waals surface area contributed by atoms with Crippen LogP contribution in [-0.2, 0) is 4.74 Å². The lowest BCUT2D eigenvalue weighted by Gasteiger charge is -2.32. The van der Waals surface area contributed by atoms with Crippen LogP contribution in [0, 0.1) is 12.7 Å². The van der Waals surface area contributed by atoms with Crippen molar-refractivity contribution in [1.29, 1.82) is 0 Å². The van der Waals surface area contributed by atoms with Gasteiger partial charge in [-0.3, -0.25) is 0 Å². The number of rotatable bonds is 4. The molecule has 0 aliphatic carbocycles. The first-order valence-electron chi connectivity index (χ1n) is 6.44. The zero-order valence-corrected chi connectivity index (χ0v) is 10.9. The van der Waals surface area contributed by atoms with Crippen molar-refractivity contribution in [1.82, 2.24) is 5.32 Å². The second kappa shape index (κ2) is 6.16. The van der Waals surface area contributed by atoms with Crippen molar-refractivity contribution >= 4 is 0 Å². The summed E-state index contributed by atoms with van der Waals surface area (Å²) < 4.78 is 24.7. The molecular formula is C14H20FNO2. The van der Waals surface area contributed by atoms with Crippen molar-refractivity contribution in [2.75, 3.05) is 19.8 Å². The normalized spacial score (nSPS) is 23.9. The highest BCUT2D eigenvalue weighted by Gasteiger charge is 2.26. The summed E-state index contributed by atoms with van der Waals surface area (Å²) in [4.78, 5) is 0. The highest BCUT2D eigenvalue weighted by molar-refractivity contribution is 5.28. The number of aryl methyl sites for hydroxylation is 1. The van der Waals surface area contributed by atoms with Gasteiger partial charge in [0.15, 0.2) is 0 Å². The van der Waals surface area contributed by atoms with Gasteiger partial charge in [-0.25, -0.2) is 4.39 Å². The Morgan fingerprint density at radius 1 is 1.50 bits per heavy atom. The van der Waals surface area contributed by atoms with E-state index in [1.165, 1.54) is 6.07 Å². The van der Waals surface area contributed by atoms with Gasteiger partial charge in [0.1, 0.15) is 17.7 Å². The second-order valence-electron chi connectivity index (χ2n) is 4.60. The molecule has 1 heterocycles. The number of hydrogen-bond acceptors (Lipinski definition) is 3. The molecule has 1 aromatic rings. The van der Waals surface area contributed by atoms with Crippen LogP contribution in [0.25, 0.3) is 0 Å². The lowest BCUT2D eigenvalue weighted by Crippen LogP contribution is -2.49. The minimum Gasteiger partial charge on any atom is -0.486 e. The van der Waals surface area contributed by atoms with Gasteiger partial charge >= 0.3 is 0 Å². The molecule has 100 valence electrons. The van der Waals surface area contributed by atoms with E-state index < -0.39 is 0 Å². The first kappa shape index (κ1) is 13.3. The Labute approximate surface area is 107 Å². The SMILES string of the molecule is CCNC1CCOCC1Oc1ccc(C)c(F)c1. The van der Waals surface area contributed by atoms with Crippen LogP contribution in [0.5, 0.6) is 5.75 Å². The minimum atomic E-state index is -0.232. The van der Waals surface area contributed by atoms with Gasteiger partial charge in [0.25, 0.3) is 0 Å². The first-order valence-corrected chi connectivity index (χ1v) is 6.44. The van der Waals surface area contributed by atoms with E-state index in [2.05, 4.69) is 12.2 Å². The predicted molar refractivity (Wildman–Crippen MR) is 68.5 cm³/mol. The molecule has 18 heavy (non-hydrogen) atoms. The monoisotopic (exact) mass is 253 g/mol. The Balaban J connectivity index is 2.03. The fourth-order valence-corrected chi connectivity index (χ4v) is 2.15. The summed E-state index contributed by atoms with van der Waals surface area (Å²) in [6, 6.07) is 5.24. The van der Waals surface area contributed by atoms with Crippen molar-refractivity contribution in [3.05, 3.63) is 29.6 Å². The number of likely N-dealkylation sites (N-methyl/N-ethyl adjacent to an activating group) is 1. The second-order valence-corrected chi connectivity index (χ2v) is 4.60. The van der Waals surface area contributed by atoms with E-state index in [0.29, 0.717) is 17.9 Å². The maximum absolute atomic E-state index is 13.5. The molecule has 2 atom stereocenters. The van der Waals surface area contributed by atoms with E-state index in [1.54, 1.807) is 19.1 Å². The lowest BCUT2D eigenvalue weighted by atomic mass is 10.1. The molecule has 0 spiro atoms. The van der Waals surface area contributed by atoms with Crippen molar-refractivity contribution in [3.8, 4) is 5.75 Å². The molecule has 2 rings (SSSR count). The van der Waals surface area contributed by atoms with Crippen LogP contribution in [-0.4, -0.2) is 31.9 Å². The lowest BCUT2D eigenvalue weighted by molar-refractivity contribution is -0.0144. The molecule has 1 N–H and O–H groups in total. The quantitative estimate of drug-likeness (QED) is 0.893. The average molecular weight is 253 g/mol. The summed E-state index contributed by atoms with van der Waals surface area (Å²) in [5, 5.41) is 3.38. The molecule has 4 heteroatoms. The van der Waals surface area contributed by atoms with Crippen LogP contribution in [0.2, 0.25) is 0 Å². The van der Waals surface area contributed by atoms with Crippen molar-refractivity contribution in [2.45, 2.75) is 32.4 Å². The van der Waals surface area contributed by atoms with Crippen LogP contribution < -0.4 is 10.1 Å².